The van der Waals surface area contributed by atoms with Gasteiger partial charge in [0.2, 0.25) is 0 Å². The molecule has 2 unspecified atom stereocenters. The predicted molar refractivity (Wildman–Crippen MR) is 64.7 cm³/mol. The maximum atomic E-state index is 8.58. The molecule has 0 bridgehead atoms. The Labute approximate surface area is 107 Å². The fraction of sp³-hybridized carbons (Fsp3) is 0.778. The van der Waals surface area contributed by atoms with Crippen molar-refractivity contribution in [2.24, 2.45) is 0 Å². The fourth-order valence-corrected chi connectivity index (χ4v) is 1.01. The van der Waals surface area contributed by atoms with E-state index in [1.807, 2.05) is 6.07 Å². The zero-order chi connectivity index (χ0) is 12.3. The lowest BCUT2D eigenvalue weighted by Gasteiger charge is -2.12. The summed E-state index contributed by atoms with van der Waals surface area (Å²) in [6.07, 6.45) is 0.408. The van der Waals surface area contributed by atoms with Gasteiger partial charge in [-0.25, -0.2) is 0 Å². The summed E-state index contributed by atoms with van der Waals surface area (Å²) in [6.45, 7) is 1.39. The number of nitrogens with zero attached hydrogens (tertiary/aromatic N) is 2. The molecule has 0 spiro atoms. The van der Waals surface area contributed by atoms with Crippen LogP contribution in [0.4, 0.5) is 0 Å². The summed E-state index contributed by atoms with van der Waals surface area (Å²) in [7, 11) is 0. The van der Waals surface area contributed by atoms with Crippen molar-refractivity contribution in [1.29, 1.82) is 10.5 Å². The summed E-state index contributed by atoms with van der Waals surface area (Å²) in [5.41, 5.74) is 0. The molecule has 0 radical (unpaired) electrons. The molecule has 0 heterocycles. The van der Waals surface area contributed by atoms with Crippen LogP contribution in [0.5, 0.6) is 0 Å². The first-order valence-corrected chi connectivity index (χ1v) is 6.19. The van der Waals surface area contributed by atoms with Crippen molar-refractivity contribution in [1.82, 2.24) is 0 Å². The van der Waals surface area contributed by atoms with E-state index in [2.05, 4.69) is 37.9 Å². The second kappa shape index (κ2) is 10.4. The Kier molecular flexibility index (Phi) is 11.9. The van der Waals surface area contributed by atoms with E-state index in [4.69, 9.17) is 20.7 Å². The van der Waals surface area contributed by atoms with Crippen molar-refractivity contribution in [3.05, 3.63) is 0 Å². The third-order valence-electron chi connectivity index (χ3n) is 1.31. The van der Waals surface area contributed by atoms with Gasteiger partial charge < -0.3 is 10.2 Å². The molecule has 6 heteroatoms. The van der Waals surface area contributed by atoms with Crippen LogP contribution >= 0.6 is 31.9 Å². The van der Waals surface area contributed by atoms with E-state index in [1.165, 1.54) is 6.92 Å². The minimum Gasteiger partial charge on any atom is -0.394 e. The zero-order valence-corrected chi connectivity index (χ0v) is 11.6. The van der Waals surface area contributed by atoms with Crippen LogP contribution in [-0.4, -0.2) is 32.6 Å². The molecule has 0 aromatic carbocycles. The Hall–Kier alpha value is -0.140. The number of hydrogen-bond donors (Lipinski definition) is 2. The number of aliphatic hydroxyl groups excluding tert-OH is 2. The summed E-state index contributed by atoms with van der Waals surface area (Å²) in [4.78, 5) is 0. The van der Waals surface area contributed by atoms with E-state index >= 15 is 0 Å². The first-order chi connectivity index (χ1) is 6.95. The number of halogens is 2. The van der Waals surface area contributed by atoms with Crippen LogP contribution in [-0.2, 0) is 0 Å². The van der Waals surface area contributed by atoms with Crippen LogP contribution in [0.25, 0.3) is 0 Å². The van der Waals surface area contributed by atoms with Gasteiger partial charge in [0, 0.05) is 11.8 Å². The topological polar surface area (TPSA) is 88.0 Å². The Morgan fingerprint density at radius 3 is 2.13 bits per heavy atom. The molecular formula is C9H14Br2N2O2. The van der Waals surface area contributed by atoms with E-state index in [9.17, 15) is 0 Å². The molecule has 15 heavy (non-hydrogen) atoms. The van der Waals surface area contributed by atoms with Gasteiger partial charge in [0.05, 0.1) is 24.8 Å². The SMILES string of the molecule is CC(O)CO.N#CCCC(Br)(C#N)CBr. The van der Waals surface area contributed by atoms with Crippen molar-refractivity contribution in [2.75, 3.05) is 11.9 Å². The number of nitriles is 2. The molecule has 0 aromatic rings. The van der Waals surface area contributed by atoms with Gasteiger partial charge in [0.15, 0.2) is 0 Å². The first kappa shape index (κ1) is 17.3. The summed E-state index contributed by atoms with van der Waals surface area (Å²) in [6, 6.07) is 4.07. The van der Waals surface area contributed by atoms with Crippen molar-refractivity contribution in [3.63, 3.8) is 0 Å². The molecule has 0 aliphatic carbocycles. The Morgan fingerprint density at radius 2 is 1.93 bits per heavy atom. The summed E-state index contributed by atoms with van der Waals surface area (Å²) >= 11 is 6.41. The van der Waals surface area contributed by atoms with Gasteiger partial charge in [0.1, 0.15) is 4.32 Å². The van der Waals surface area contributed by atoms with Gasteiger partial charge in [-0.1, -0.05) is 31.9 Å². The van der Waals surface area contributed by atoms with E-state index in [1.54, 1.807) is 0 Å². The monoisotopic (exact) mass is 340 g/mol. The lowest BCUT2D eigenvalue weighted by Crippen LogP contribution is -2.19. The van der Waals surface area contributed by atoms with Crippen LogP contribution in [0, 0.1) is 22.7 Å². The third kappa shape index (κ3) is 11.8. The summed E-state index contributed by atoms with van der Waals surface area (Å²) in [5.74, 6) is 0. The van der Waals surface area contributed by atoms with Crippen molar-refractivity contribution in [3.8, 4) is 12.1 Å². The molecule has 4 nitrogen and oxygen atoms in total. The highest BCUT2D eigenvalue weighted by atomic mass is 79.9. The Morgan fingerprint density at radius 1 is 1.47 bits per heavy atom. The molecular weight excluding hydrogens is 328 g/mol. The number of alkyl halides is 2. The Bertz CT molecular complexity index is 235. The highest BCUT2D eigenvalue weighted by Crippen LogP contribution is 2.25. The zero-order valence-electron chi connectivity index (χ0n) is 8.45. The molecule has 0 fully saturated rings. The number of rotatable bonds is 4. The van der Waals surface area contributed by atoms with Crippen LogP contribution in [0.1, 0.15) is 19.8 Å². The average molecular weight is 342 g/mol. The quantitative estimate of drug-likeness (QED) is 0.762. The molecule has 0 aromatic heterocycles. The molecule has 0 amide bonds. The molecule has 0 saturated heterocycles. The van der Waals surface area contributed by atoms with E-state index in [-0.39, 0.29) is 6.61 Å². The number of aliphatic hydroxyl groups is 2. The minimum absolute atomic E-state index is 0.139. The van der Waals surface area contributed by atoms with Gasteiger partial charge in [-0.05, 0) is 13.3 Å². The van der Waals surface area contributed by atoms with Crippen LogP contribution < -0.4 is 0 Å². The molecule has 2 N–H and O–H groups in total. The normalized spacial score (nSPS) is 14.9. The molecule has 0 aliphatic rings. The molecule has 2 atom stereocenters. The fourth-order valence-electron chi connectivity index (χ4n) is 0.407. The average Bonchev–Trinajstić information content (AvgIpc) is 2.26. The van der Waals surface area contributed by atoms with Gasteiger partial charge >= 0.3 is 0 Å². The van der Waals surface area contributed by atoms with Crippen molar-refractivity contribution < 1.29 is 10.2 Å². The third-order valence-corrected chi connectivity index (χ3v) is 3.87. The van der Waals surface area contributed by atoms with Crippen molar-refractivity contribution >= 4 is 31.9 Å². The van der Waals surface area contributed by atoms with Gasteiger partial charge in [-0.15, -0.1) is 0 Å². The minimum atomic E-state index is -0.560. The van der Waals surface area contributed by atoms with Gasteiger partial charge in [-0.3, -0.25) is 0 Å². The molecule has 0 aliphatic heterocycles. The van der Waals surface area contributed by atoms with Crippen LogP contribution in [0.3, 0.4) is 0 Å². The van der Waals surface area contributed by atoms with Crippen LogP contribution in [0.15, 0.2) is 0 Å². The van der Waals surface area contributed by atoms with Gasteiger partial charge in [0.25, 0.3) is 0 Å². The maximum absolute atomic E-state index is 8.58. The second-order valence-corrected chi connectivity index (χ2v) is 4.98. The van der Waals surface area contributed by atoms with Crippen LogP contribution in [0.2, 0.25) is 0 Å². The Balaban J connectivity index is 0. The lowest BCUT2D eigenvalue weighted by molar-refractivity contribution is 0.110. The van der Waals surface area contributed by atoms with Crippen molar-refractivity contribution in [2.45, 2.75) is 30.2 Å². The molecule has 86 valence electrons. The first-order valence-electron chi connectivity index (χ1n) is 4.27. The highest BCUT2D eigenvalue weighted by Gasteiger charge is 2.23. The van der Waals surface area contributed by atoms with Gasteiger partial charge in [-0.2, -0.15) is 10.5 Å². The standard InChI is InChI=1S/C6H6Br2N2.C3H8O2/c7-4-6(8,5-10)2-1-3-9;1-3(5)2-4/h1-2,4H2;3-5H,2H2,1H3. The smallest absolute Gasteiger partial charge is 0.123 e. The van der Waals surface area contributed by atoms with E-state index in [0.29, 0.717) is 18.2 Å². The van der Waals surface area contributed by atoms with E-state index in [0.717, 1.165) is 0 Å². The maximum Gasteiger partial charge on any atom is 0.123 e. The number of hydrogen-bond acceptors (Lipinski definition) is 4. The molecule has 0 rings (SSSR count). The lowest BCUT2D eigenvalue weighted by atomic mass is 10.1. The summed E-state index contributed by atoms with van der Waals surface area (Å²) in [5, 5.41) is 33.4. The largest absolute Gasteiger partial charge is 0.394 e. The molecule has 0 saturated carbocycles. The highest BCUT2D eigenvalue weighted by molar-refractivity contribution is 9.12. The summed E-state index contributed by atoms with van der Waals surface area (Å²) < 4.78 is -0.553. The van der Waals surface area contributed by atoms with E-state index < -0.39 is 10.4 Å². The predicted octanol–water partition coefficient (Wildman–Crippen LogP) is 1.70. The second-order valence-electron chi connectivity index (χ2n) is 2.90.